The first-order valence-corrected chi connectivity index (χ1v) is 5.09. The zero-order valence-corrected chi connectivity index (χ0v) is 8.94. The minimum Gasteiger partial charge on any atom is -0.395 e. The smallest absolute Gasteiger partial charge is 0.224 e. The Bertz CT molecular complexity index is 396. The molecule has 1 rings (SSSR count). The van der Waals surface area contributed by atoms with E-state index in [1.54, 1.807) is 0 Å². The number of nitriles is 1. The minimum atomic E-state index is -0.139. The van der Waals surface area contributed by atoms with E-state index in [4.69, 9.17) is 10.4 Å². The van der Waals surface area contributed by atoms with Crippen molar-refractivity contribution in [2.45, 2.75) is 12.8 Å². The molecule has 4 nitrogen and oxygen atoms in total. The Labute approximate surface area is 94.5 Å². The first-order valence-electron chi connectivity index (χ1n) is 5.09. The van der Waals surface area contributed by atoms with Gasteiger partial charge in [0.2, 0.25) is 5.91 Å². The predicted molar refractivity (Wildman–Crippen MR) is 59.6 cm³/mol. The van der Waals surface area contributed by atoms with Crippen molar-refractivity contribution < 1.29 is 9.90 Å². The van der Waals surface area contributed by atoms with Crippen molar-refractivity contribution >= 4 is 5.91 Å². The summed E-state index contributed by atoms with van der Waals surface area (Å²) in [5.41, 5.74) is 1.74. The van der Waals surface area contributed by atoms with Gasteiger partial charge in [0, 0.05) is 6.54 Å². The average molecular weight is 218 g/mol. The standard InChI is InChI=1S/C12H14N2O2/c13-6-5-10-3-1-2-4-11(10)9-12(16)14-7-8-15/h1-4,15H,5,7-9H2,(H,14,16). The summed E-state index contributed by atoms with van der Waals surface area (Å²) in [6, 6.07) is 9.44. The third-order valence-corrected chi connectivity index (χ3v) is 2.17. The van der Waals surface area contributed by atoms with Crippen LogP contribution in [0, 0.1) is 11.3 Å². The van der Waals surface area contributed by atoms with Crippen LogP contribution in [0.25, 0.3) is 0 Å². The molecule has 0 aliphatic carbocycles. The van der Waals surface area contributed by atoms with E-state index in [0.29, 0.717) is 6.42 Å². The molecule has 0 atom stereocenters. The Kier molecular flexibility index (Phi) is 5.03. The van der Waals surface area contributed by atoms with Crippen LogP contribution in [0.4, 0.5) is 0 Å². The van der Waals surface area contributed by atoms with E-state index >= 15 is 0 Å². The average Bonchev–Trinajstić information content (AvgIpc) is 2.29. The van der Waals surface area contributed by atoms with Crippen molar-refractivity contribution in [2.24, 2.45) is 0 Å². The second-order valence-corrected chi connectivity index (χ2v) is 3.35. The number of rotatable bonds is 5. The summed E-state index contributed by atoms with van der Waals surface area (Å²) in [5.74, 6) is -0.139. The Hall–Kier alpha value is -1.86. The third-order valence-electron chi connectivity index (χ3n) is 2.17. The van der Waals surface area contributed by atoms with Crippen molar-refractivity contribution in [3.63, 3.8) is 0 Å². The normalized spacial score (nSPS) is 9.50. The van der Waals surface area contributed by atoms with E-state index in [1.807, 2.05) is 24.3 Å². The quantitative estimate of drug-likeness (QED) is 0.751. The number of nitrogens with zero attached hydrogens (tertiary/aromatic N) is 1. The molecule has 0 aromatic heterocycles. The summed E-state index contributed by atoms with van der Waals surface area (Å²) in [5, 5.41) is 19.8. The molecule has 0 saturated carbocycles. The number of hydrogen-bond donors (Lipinski definition) is 2. The van der Waals surface area contributed by atoms with Crippen LogP contribution in [-0.2, 0) is 17.6 Å². The summed E-state index contributed by atoms with van der Waals surface area (Å²) >= 11 is 0. The summed E-state index contributed by atoms with van der Waals surface area (Å²) in [6.07, 6.45) is 0.557. The van der Waals surface area contributed by atoms with Gasteiger partial charge in [-0.15, -0.1) is 0 Å². The van der Waals surface area contributed by atoms with Crippen molar-refractivity contribution in [2.75, 3.05) is 13.2 Å². The molecule has 2 N–H and O–H groups in total. The molecule has 1 aromatic rings. The SMILES string of the molecule is N#CCc1ccccc1CC(=O)NCCO. The molecule has 16 heavy (non-hydrogen) atoms. The van der Waals surface area contributed by atoms with Crippen LogP contribution >= 0.6 is 0 Å². The highest BCUT2D eigenvalue weighted by molar-refractivity contribution is 5.78. The van der Waals surface area contributed by atoms with Crippen LogP contribution in [-0.4, -0.2) is 24.2 Å². The van der Waals surface area contributed by atoms with Crippen molar-refractivity contribution in [3.8, 4) is 6.07 Å². The predicted octanol–water partition coefficient (Wildman–Crippen LogP) is 0.404. The van der Waals surface area contributed by atoms with Crippen LogP contribution < -0.4 is 5.32 Å². The van der Waals surface area contributed by atoms with Gasteiger partial charge >= 0.3 is 0 Å². The molecule has 0 spiro atoms. The van der Waals surface area contributed by atoms with Crippen molar-refractivity contribution in [1.82, 2.24) is 5.32 Å². The maximum absolute atomic E-state index is 11.4. The molecular weight excluding hydrogens is 204 g/mol. The van der Waals surface area contributed by atoms with Gasteiger partial charge < -0.3 is 10.4 Å². The Morgan fingerprint density at radius 3 is 2.69 bits per heavy atom. The maximum atomic E-state index is 11.4. The van der Waals surface area contributed by atoms with Gasteiger partial charge in [0.1, 0.15) is 0 Å². The van der Waals surface area contributed by atoms with E-state index in [0.717, 1.165) is 11.1 Å². The molecule has 0 radical (unpaired) electrons. The van der Waals surface area contributed by atoms with Gasteiger partial charge in [0.05, 0.1) is 25.5 Å². The zero-order valence-electron chi connectivity index (χ0n) is 8.94. The summed E-state index contributed by atoms with van der Waals surface area (Å²) in [4.78, 5) is 11.4. The van der Waals surface area contributed by atoms with Crippen molar-refractivity contribution in [3.05, 3.63) is 35.4 Å². The molecule has 0 fully saturated rings. The minimum absolute atomic E-state index is 0.0639. The monoisotopic (exact) mass is 218 g/mol. The highest BCUT2D eigenvalue weighted by atomic mass is 16.3. The Morgan fingerprint density at radius 1 is 1.38 bits per heavy atom. The molecule has 0 heterocycles. The Morgan fingerprint density at radius 2 is 2.06 bits per heavy atom. The number of carbonyl (C=O) groups excluding carboxylic acids is 1. The van der Waals surface area contributed by atoms with Crippen LogP contribution in [0.2, 0.25) is 0 Å². The molecule has 1 aromatic carbocycles. The molecule has 0 aliphatic rings. The number of aliphatic hydroxyl groups excluding tert-OH is 1. The Balaban J connectivity index is 2.65. The molecule has 0 bridgehead atoms. The second-order valence-electron chi connectivity index (χ2n) is 3.35. The zero-order chi connectivity index (χ0) is 11.8. The number of amides is 1. The first kappa shape index (κ1) is 12.2. The highest BCUT2D eigenvalue weighted by Gasteiger charge is 2.06. The fourth-order valence-electron chi connectivity index (χ4n) is 1.42. The molecule has 0 aliphatic heterocycles. The van der Waals surface area contributed by atoms with Gasteiger partial charge in [0.15, 0.2) is 0 Å². The number of benzene rings is 1. The van der Waals surface area contributed by atoms with Crippen molar-refractivity contribution in [1.29, 1.82) is 5.26 Å². The molecule has 0 saturated heterocycles. The summed E-state index contributed by atoms with van der Waals surface area (Å²) in [7, 11) is 0. The topological polar surface area (TPSA) is 73.1 Å². The molecule has 1 amide bonds. The number of carbonyl (C=O) groups is 1. The van der Waals surface area contributed by atoms with Crippen LogP contribution in [0.3, 0.4) is 0 Å². The lowest BCUT2D eigenvalue weighted by Gasteiger charge is -2.06. The maximum Gasteiger partial charge on any atom is 0.224 e. The molecule has 84 valence electrons. The second kappa shape index (κ2) is 6.59. The largest absolute Gasteiger partial charge is 0.395 e. The number of hydrogen-bond acceptors (Lipinski definition) is 3. The van der Waals surface area contributed by atoms with Crippen LogP contribution in [0.15, 0.2) is 24.3 Å². The van der Waals surface area contributed by atoms with Gasteiger partial charge in [-0.1, -0.05) is 24.3 Å². The molecule has 4 heteroatoms. The van der Waals surface area contributed by atoms with E-state index in [9.17, 15) is 4.79 Å². The lowest BCUT2D eigenvalue weighted by atomic mass is 10.0. The van der Waals surface area contributed by atoms with E-state index in [2.05, 4.69) is 11.4 Å². The first-order chi connectivity index (χ1) is 7.77. The lowest BCUT2D eigenvalue weighted by molar-refractivity contribution is -0.120. The van der Waals surface area contributed by atoms with E-state index < -0.39 is 0 Å². The van der Waals surface area contributed by atoms with E-state index in [-0.39, 0.29) is 25.5 Å². The van der Waals surface area contributed by atoms with Gasteiger partial charge in [-0.25, -0.2) is 0 Å². The van der Waals surface area contributed by atoms with Gasteiger partial charge in [-0.2, -0.15) is 5.26 Å². The number of aliphatic hydroxyl groups is 1. The van der Waals surface area contributed by atoms with E-state index in [1.165, 1.54) is 0 Å². The van der Waals surface area contributed by atoms with Gasteiger partial charge in [-0.05, 0) is 11.1 Å². The van der Waals surface area contributed by atoms with Crippen LogP contribution in [0.5, 0.6) is 0 Å². The van der Waals surface area contributed by atoms with Crippen LogP contribution in [0.1, 0.15) is 11.1 Å². The third kappa shape index (κ3) is 3.71. The number of nitrogens with one attached hydrogen (secondary N) is 1. The molecule has 0 unspecified atom stereocenters. The fraction of sp³-hybridized carbons (Fsp3) is 0.333. The fourth-order valence-corrected chi connectivity index (χ4v) is 1.42. The summed E-state index contributed by atoms with van der Waals surface area (Å²) in [6.45, 7) is 0.199. The summed E-state index contributed by atoms with van der Waals surface area (Å²) < 4.78 is 0. The lowest BCUT2D eigenvalue weighted by Crippen LogP contribution is -2.28. The van der Waals surface area contributed by atoms with Gasteiger partial charge in [-0.3, -0.25) is 4.79 Å². The highest BCUT2D eigenvalue weighted by Crippen LogP contribution is 2.09. The molecular formula is C12H14N2O2. The van der Waals surface area contributed by atoms with Gasteiger partial charge in [0.25, 0.3) is 0 Å².